The molecule has 1 fully saturated rings. The van der Waals surface area contributed by atoms with E-state index in [1.807, 2.05) is 0 Å². The van der Waals surface area contributed by atoms with Crippen molar-refractivity contribution in [2.75, 3.05) is 4.31 Å². The molecule has 208 valence electrons. The molecule has 0 aliphatic carbocycles. The highest BCUT2D eigenvalue weighted by Gasteiger charge is 2.54. The number of para-hydroxylation sites is 1. The Morgan fingerprint density at radius 1 is 0.875 bits per heavy atom. The number of anilines is 1. The minimum absolute atomic E-state index is 0.0971. The summed E-state index contributed by atoms with van der Waals surface area (Å²) in [6.45, 7) is 0. The third-order valence-electron chi connectivity index (χ3n) is 7.14. The van der Waals surface area contributed by atoms with E-state index in [1.165, 1.54) is 58.9 Å². The number of phenolic OH excluding ortho intramolecular Hbond substituents is 1. The molecule has 5 rings (SSSR count). The Hall–Kier alpha value is -3.53. The van der Waals surface area contributed by atoms with Crippen LogP contribution in [0.15, 0.2) is 97.1 Å². The highest BCUT2D eigenvalue weighted by molar-refractivity contribution is 7.95. The standard InChI is InChI=1S/C29H27FNO7PS/c30-22-11-6-20(7-12-22)26(32)16-17-28-29(31(40(28,37)38)23-4-2-1-3-5-23)25-15-10-21(18-27(25)33)19-8-13-24(14-9-19)39(34,35)36/h1-15,18,26,28-29,32-33H,16-17H2,(H2,34,35,36)/t26?,28-,29+/m0/s1. The molecule has 1 aliphatic rings. The Morgan fingerprint density at radius 3 is 2.10 bits per heavy atom. The Bertz CT molecular complexity index is 1660. The third-order valence-corrected chi connectivity index (χ3v) is 10.4. The highest BCUT2D eigenvalue weighted by atomic mass is 32.2. The van der Waals surface area contributed by atoms with E-state index in [2.05, 4.69) is 0 Å². The maximum absolute atomic E-state index is 13.5. The van der Waals surface area contributed by atoms with E-state index in [-0.39, 0.29) is 23.9 Å². The molecule has 0 amide bonds. The van der Waals surface area contributed by atoms with Crippen LogP contribution in [0.5, 0.6) is 5.75 Å². The van der Waals surface area contributed by atoms with Gasteiger partial charge >= 0.3 is 7.60 Å². The van der Waals surface area contributed by atoms with Gasteiger partial charge in [-0.25, -0.2) is 12.8 Å². The van der Waals surface area contributed by atoms with Gasteiger partial charge in [0.25, 0.3) is 0 Å². The number of rotatable bonds is 8. The smallest absolute Gasteiger partial charge is 0.356 e. The molecule has 8 nitrogen and oxygen atoms in total. The highest BCUT2D eigenvalue weighted by Crippen LogP contribution is 2.50. The first-order valence-corrected chi connectivity index (χ1v) is 15.6. The van der Waals surface area contributed by atoms with Crippen molar-refractivity contribution in [1.29, 1.82) is 0 Å². The van der Waals surface area contributed by atoms with Gasteiger partial charge in [-0.2, -0.15) is 0 Å². The van der Waals surface area contributed by atoms with Gasteiger partial charge in [-0.05, 0) is 72.0 Å². The Kier molecular flexibility index (Phi) is 7.56. The number of halogens is 1. The first-order valence-electron chi connectivity index (χ1n) is 12.5. The Balaban J connectivity index is 1.46. The Labute approximate surface area is 231 Å². The van der Waals surface area contributed by atoms with E-state index in [0.29, 0.717) is 27.9 Å². The van der Waals surface area contributed by atoms with Crippen molar-refractivity contribution >= 4 is 28.6 Å². The SMILES string of the molecule is O=P(O)(O)c1ccc(-c2ccc([C@@H]3[C@H](CCC(O)c4ccc(F)cc4)S(=O)(=O)N3c3ccccc3)c(O)c2)cc1. The van der Waals surface area contributed by atoms with Crippen LogP contribution in [-0.4, -0.2) is 33.7 Å². The molecule has 0 bridgehead atoms. The van der Waals surface area contributed by atoms with Crippen LogP contribution in [0.4, 0.5) is 10.1 Å². The van der Waals surface area contributed by atoms with Crippen molar-refractivity contribution in [2.45, 2.75) is 30.2 Å². The summed E-state index contributed by atoms with van der Waals surface area (Å²) in [7, 11) is -8.21. The molecule has 3 atom stereocenters. The molecule has 1 aliphatic heterocycles. The van der Waals surface area contributed by atoms with Crippen molar-refractivity contribution in [3.63, 3.8) is 0 Å². The summed E-state index contributed by atoms with van der Waals surface area (Å²) < 4.78 is 53.0. The molecule has 11 heteroatoms. The van der Waals surface area contributed by atoms with Crippen molar-refractivity contribution in [3.8, 4) is 16.9 Å². The Morgan fingerprint density at radius 2 is 1.50 bits per heavy atom. The van der Waals surface area contributed by atoms with Gasteiger partial charge in [0.05, 0.1) is 23.1 Å². The largest absolute Gasteiger partial charge is 0.508 e. The van der Waals surface area contributed by atoms with Crippen LogP contribution >= 0.6 is 7.60 Å². The summed E-state index contributed by atoms with van der Waals surface area (Å²) in [5.74, 6) is -0.575. The number of sulfonamides is 1. The lowest BCUT2D eigenvalue weighted by molar-refractivity contribution is 0.162. The van der Waals surface area contributed by atoms with Gasteiger partial charge in [0.1, 0.15) is 16.8 Å². The van der Waals surface area contributed by atoms with Gasteiger partial charge in [-0.15, -0.1) is 0 Å². The average Bonchev–Trinajstić information content (AvgIpc) is 2.92. The lowest BCUT2D eigenvalue weighted by Crippen LogP contribution is -2.58. The van der Waals surface area contributed by atoms with Crippen molar-refractivity contribution in [2.24, 2.45) is 0 Å². The minimum atomic E-state index is -4.39. The van der Waals surface area contributed by atoms with Crippen molar-refractivity contribution in [3.05, 3.63) is 114 Å². The van der Waals surface area contributed by atoms with E-state index >= 15 is 0 Å². The maximum Gasteiger partial charge on any atom is 0.356 e. The fraction of sp³-hybridized carbons (Fsp3) is 0.172. The average molecular weight is 584 g/mol. The van der Waals surface area contributed by atoms with Gasteiger partial charge in [0.2, 0.25) is 10.0 Å². The molecular weight excluding hydrogens is 556 g/mol. The van der Waals surface area contributed by atoms with Gasteiger partial charge in [-0.1, -0.05) is 54.6 Å². The van der Waals surface area contributed by atoms with Crippen LogP contribution in [-0.2, 0) is 14.6 Å². The lowest BCUT2D eigenvalue weighted by atomic mass is 9.94. The number of aliphatic hydroxyl groups is 1. The molecule has 40 heavy (non-hydrogen) atoms. The molecule has 4 N–H and O–H groups in total. The van der Waals surface area contributed by atoms with Gasteiger partial charge < -0.3 is 20.0 Å². The second-order valence-corrected chi connectivity index (χ2v) is 13.3. The molecule has 4 aromatic rings. The molecule has 1 unspecified atom stereocenters. The van der Waals surface area contributed by atoms with Crippen LogP contribution in [0.25, 0.3) is 11.1 Å². The van der Waals surface area contributed by atoms with Crippen molar-refractivity contribution in [1.82, 2.24) is 0 Å². The first-order chi connectivity index (χ1) is 19.0. The number of aromatic hydroxyl groups is 1. The number of benzene rings is 4. The summed E-state index contributed by atoms with van der Waals surface area (Å²) >= 11 is 0. The quantitative estimate of drug-likeness (QED) is 0.219. The predicted octanol–water partition coefficient (Wildman–Crippen LogP) is 4.77. The van der Waals surface area contributed by atoms with E-state index in [0.717, 1.165) is 0 Å². The number of aliphatic hydroxyl groups excluding tert-OH is 1. The zero-order valence-corrected chi connectivity index (χ0v) is 22.8. The molecule has 0 spiro atoms. The van der Waals surface area contributed by atoms with Gasteiger partial charge in [0.15, 0.2) is 0 Å². The van der Waals surface area contributed by atoms with E-state index in [1.54, 1.807) is 42.5 Å². The van der Waals surface area contributed by atoms with E-state index < -0.39 is 40.8 Å². The summed E-state index contributed by atoms with van der Waals surface area (Å²) in [5.41, 5.74) is 2.50. The topological polar surface area (TPSA) is 135 Å². The fourth-order valence-electron chi connectivity index (χ4n) is 5.07. The van der Waals surface area contributed by atoms with Crippen LogP contribution in [0, 0.1) is 5.82 Å². The third kappa shape index (κ3) is 5.41. The minimum Gasteiger partial charge on any atom is -0.508 e. The van der Waals surface area contributed by atoms with E-state index in [9.17, 15) is 37.4 Å². The van der Waals surface area contributed by atoms with Crippen molar-refractivity contribution < 1.29 is 37.4 Å². The van der Waals surface area contributed by atoms with Crippen LogP contribution in [0.1, 0.15) is 36.1 Å². The molecule has 0 aromatic heterocycles. The molecule has 1 saturated heterocycles. The molecule has 0 radical (unpaired) electrons. The number of nitrogens with zero attached hydrogens (tertiary/aromatic N) is 1. The van der Waals surface area contributed by atoms with E-state index in [4.69, 9.17) is 0 Å². The van der Waals surface area contributed by atoms with Gasteiger partial charge in [0, 0.05) is 5.56 Å². The number of hydrogen-bond acceptors (Lipinski definition) is 5. The first kappa shape index (κ1) is 28.0. The lowest BCUT2D eigenvalue weighted by Gasteiger charge is -2.48. The monoisotopic (exact) mass is 583 g/mol. The number of hydrogen-bond donors (Lipinski definition) is 4. The maximum atomic E-state index is 13.5. The molecule has 0 saturated carbocycles. The summed E-state index contributed by atoms with van der Waals surface area (Å²) in [6.07, 6.45) is -0.784. The molecule has 4 aromatic carbocycles. The molecular formula is C29H27FNO7PS. The van der Waals surface area contributed by atoms with Crippen LogP contribution in [0.2, 0.25) is 0 Å². The normalized spacial score (nSPS) is 19.1. The van der Waals surface area contributed by atoms with Crippen LogP contribution in [0.3, 0.4) is 0 Å². The van der Waals surface area contributed by atoms with Crippen LogP contribution < -0.4 is 9.61 Å². The summed E-state index contributed by atoms with van der Waals surface area (Å²) in [4.78, 5) is 18.7. The summed E-state index contributed by atoms with van der Waals surface area (Å²) in [6, 6.07) is 23.7. The predicted molar refractivity (Wildman–Crippen MR) is 150 cm³/mol. The summed E-state index contributed by atoms with van der Waals surface area (Å²) in [5, 5.41) is 20.7. The zero-order chi connectivity index (χ0) is 28.7. The second kappa shape index (κ2) is 10.8. The zero-order valence-electron chi connectivity index (χ0n) is 21.1. The second-order valence-electron chi connectivity index (χ2n) is 9.67. The number of phenols is 1. The molecule has 1 heterocycles. The fourth-order valence-corrected chi connectivity index (χ4v) is 7.72. The van der Waals surface area contributed by atoms with Gasteiger partial charge in [-0.3, -0.25) is 8.87 Å².